The molecule has 4 rings (SSSR count). The monoisotopic (exact) mass is 660 g/mol. The van der Waals surface area contributed by atoms with Crippen LogP contribution >= 0.6 is 23.2 Å². The second-order valence-corrected chi connectivity index (χ2v) is 12.3. The summed E-state index contributed by atoms with van der Waals surface area (Å²) in [6.45, 7) is 1.16. The zero-order valence-electron chi connectivity index (χ0n) is 26.4. The van der Waals surface area contributed by atoms with Crippen molar-refractivity contribution in [2.75, 3.05) is 41.3 Å². The second kappa shape index (κ2) is 16.0. The Labute approximate surface area is 280 Å². The minimum Gasteiger partial charge on any atom is -0.444 e. The first-order valence-corrected chi connectivity index (χ1v) is 15.6. The van der Waals surface area contributed by atoms with Crippen LogP contribution in [0.1, 0.15) is 35.4 Å². The van der Waals surface area contributed by atoms with Crippen LogP contribution in [0.15, 0.2) is 109 Å². The van der Waals surface area contributed by atoms with Crippen molar-refractivity contribution in [1.29, 1.82) is 0 Å². The number of nitrogens with zero attached hydrogens (tertiary/aromatic N) is 4. The lowest BCUT2D eigenvalue weighted by Crippen LogP contribution is -2.38. The van der Waals surface area contributed by atoms with E-state index in [1.165, 1.54) is 0 Å². The first-order valence-electron chi connectivity index (χ1n) is 14.8. The molecular weight excluding hydrogens is 623 g/mol. The Morgan fingerprint density at radius 1 is 0.630 bits per heavy atom. The molecule has 240 valence electrons. The molecule has 46 heavy (non-hydrogen) atoms. The van der Waals surface area contributed by atoms with E-state index in [1.807, 2.05) is 86.5 Å². The fourth-order valence-corrected chi connectivity index (χ4v) is 5.37. The SMILES string of the molecule is CN(C)CCC(OC(=O)/C=C\C(=O)OC(CCN(C)C)(c1ccc(Cl)cc1)c1ccccn1)(c1ccc(Cl)cc1)c1ccccn1. The Kier molecular flexibility index (Phi) is 12.1. The van der Waals surface area contributed by atoms with Gasteiger partial charge in [0.1, 0.15) is 0 Å². The fourth-order valence-electron chi connectivity index (χ4n) is 5.12. The Balaban J connectivity index is 1.69. The maximum atomic E-state index is 13.6. The molecule has 2 atom stereocenters. The standard InChI is InChI=1S/C36H38Cl2N4O4/c1-41(2)25-21-35(31-9-5-7-23-39-31,27-11-15-29(37)16-12-27)45-33(43)19-20-34(44)46-36(22-26-42(3)4,32-10-6-8-24-40-32)28-13-17-30(38)18-14-28/h5-20,23-24H,21-22,25-26H2,1-4H3/b20-19-. The first kappa shape index (κ1) is 34.8. The lowest BCUT2D eigenvalue weighted by Gasteiger charge is -2.34. The number of rotatable bonds is 14. The van der Waals surface area contributed by atoms with E-state index in [2.05, 4.69) is 9.97 Å². The number of ether oxygens (including phenoxy) is 2. The third kappa shape index (κ3) is 8.79. The minimum atomic E-state index is -1.26. The predicted molar refractivity (Wildman–Crippen MR) is 181 cm³/mol. The van der Waals surface area contributed by atoms with Crippen molar-refractivity contribution in [2.45, 2.75) is 24.0 Å². The molecule has 10 heteroatoms. The van der Waals surface area contributed by atoms with Crippen LogP contribution in [0.2, 0.25) is 10.0 Å². The zero-order chi connectivity index (χ0) is 33.2. The lowest BCUT2D eigenvalue weighted by atomic mass is 9.86. The average molecular weight is 662 g/mol. The molecule has 0 radical (unpaired) electrons. The van der Waals surface area contributed by atoms with E-state index >= 15 is 0 Å². The van der Waals surface area contributed by atoms with Gasteiger partial charge in [-0.15, -0.1) is 0 Å². The molecule has 2 unspecified atom stereocenters. The van der Waals surface area contributed by atoms with E-state index in [4.69, 9.17) is 32.7 Å². The number of carbonyl (C=O) groups is 2. The van der Waals surface area contributed by atoms with Gasteiger partial charge in [-0.3, -0.25) is 9.97 Å². The van der Waals surface area contributed by atoms with E-state index in [0.717, 1.165) is 12.2 Å². The Morgan fingerprint density at radius 2 is 1.00 bits per heavy atom. The van der Waals surface area contributed by atoms with E-state index in [1.54, 1.807) is 48.8 Å². The van der Waals surface area contributed by atoms with Gasteiger partial charge in [-0.1, -0.05) is 59.6 Å². The molecule has 8 nitrogen and oxygen atoms in total. The molecule has 0 spiro atoms. The molecule has 0 aliphatic heterocycles. The van der Waals surface area contributed by atoms with Crippen LogP contribution in [-0.4, -0.2) is 73.0 Å². The van der Waals surface area contributed by atoms with E-state index in [9.17, 15) is 9.59 Å². The van der Waals surface area contributed by atoms with Gasteiger partial charge in [-0.2, -0.15) is 0 Å². The fraction of sp³-hybridized carbons (Fsp3) is 0.278. The van der Waals surface area contributed by atoms with Crippen molar-refractivity contribution in [2.24, 2.45) is 0 Å². The summed E-state index contributed by atoms with van der Waals surface area (Å²) in [4.78, 5) is 40.3. The topological polar surface area (TPSA) is 84.9 Å². The molecule has 0 aliphatic rings. The summed E-state index contributed by atoms with van der Waals surface area (Å²) in [5.41, 5.74) is -0.0274. The normalized spacial score (nSPS) is 14.2. The van der Waals surface area contributed by atoms with Crippen LogP contribution in [0.4, 0.5) is 0 Å². The van der Waals surface area contributed by atoms with E-state index in [0.29, 0.717) is 58.5 Å². The lowest BCUT2D eigenvalue weighted by molar-refractivity contribution is -0.154. The highest BCUT2D eigenvalue weighted by Crippen LogP contribution is 2.39. The van der Waals surface area contributed by atoms with Gasteiger partial charge in [0.2, 0.25) is 0 Å². The Morgan fingerprint density at radius 3 is 1.30 bits per heavy atom. The van der Waals surface area contributed by atoms with Gasteiger partial charge < -0.3 is 19.3 Å². The number of esters is 2. The van der Waals surface area contributed by atoms with E-state index in [-0.39, 0.29) is 0 Å². The first-order chi connectivity index (χ1) is 22.0. The quantitative estimate of drug-likeness (QED) is 0.112. The number of carbonyl (C=O) groups excluding carboxylic acids is 2. The van der Waals surface area contributed by atoms with Crippen molar-refractivity contribution >= 4 is 35.1 Å². The Bertz CT molecular complexity index is 1480. The third-order valence-electron chi connectivity index (χ3n) is 7.51. The maximum absolute atomic E-state index is 13.6. The summed E-state index contributed by atoms with van der Waals surface area (Å²) in [6, 6.07) is 25.1. The van der Waals surface area contributed by atoms with Crippen molar-refractivity contribution < 1.29 is 19.1 Å². The molecule has 0 amide bonds. The smallest absolute Gasteiger partial charge is 0.332 e. The third-order valence-corrected chi connectivity index (χ3v) is 8.01. The molecule has 0 saturated carbocycles. The van der Waals surface area contributed by atoms with Crippen molar-refractivity contribution in [1.82, 2.24) is 19.8 Å². The molecule has 0 saturated heterocycles. The van der Waals surface area contributed by atoms with Crippen LogP contribution < -0.4 is 0 Å². The van der Waals surface area contributed by atoms with Crippen LogP contribution in [0.3, 0.4) is 0 Å². The van der Waals surface area contributed by atoms with Gasteiger partial charge in [0.15, 0.2) is 11.2 Å². The largest absolute Gasteiger partial charge is 0.444 e. The molecule has 0 N–H and O–H groups in total. The molecular formula is C36H38Cl2N4O4. The zero-order valence-corrected chi connectivity index (χ0v) is 27.9. The molecule has 0 aliphatic carbocycles. The molecule has 0 bridgehead atoms. The summed E-state index contributed by atoms with van der Waals surface area (Å²) in [5.74, 6) is -1.47. The highest BCUT2D eigenvalue weighted by molar-refractivity contribution is 6.30. The summed E-state index contributed by atoms with van der Waals surface area (Å²) in [7, 11) is 7.75. The van der Waals surface area contributed by atoms with Gasteiger partial charge in [0.25, 0.3) is 0 Å². The average Bonchev–Trinajstić information content (AvgIpc) is 3.05. The number of hydrogen-bond donors (Lipinski definition) is 0. The highest BCUT2D eigenvalue weighted by atomic mass is 35.5. The molecule has 4 aromatic rings. The number of halogens is 2. The maximum Gasteiger partial charge on any atom is 0.332 e. The number of hydrogen-bond acceptors (Lipinski definition) is 8. The van der Waals surface area contributed by atoms with Gasteiger partial charge in [0, 0.05) is 71.6 Å². The van der Waals surface area contributed by atoms with Crippen molar-refractivity contribution in [3.8, 4) is 0 Å². The molecule has 2 aromatic heterocycles. The van der Waals surface area contributed by atoms with Gasteiger partial charge in [-0.05, 0) is 76.7 Å². The number of pyridine rings is 2. The summed E-state index contributed by atoms with van der Waals surface area (Å²) >= 11 is 12.4. The van der Waals surface area contributed by atoms with Gasteiger partial charge >= 0.3 is 11.9 Å². The number of benzene rings is 2. The van der Waals surface area contributed by atoms with Crippen molar-refractivity contribution in [3.63, 3.8) is 0 Å². The minimum absolute atomic E-state index is 0.395. The van der Waals surface area contributed by atoms with Gasteiger partial charge in [-0.25, -0.2) is 9.59 Å². The summed E-state index contributed by atoms with van der Waals surface area (Å²) in [5, 5.41) is 1.10. The van der Waals surface area contributed by atoms with Crippen molar-refractivity contribution in [3.05, 3.63) is 142 Å². The van der Waals surface area contributed by atoms with Gasteiger partial charge in [0.05, 0.1) is 11.4 Å². The molecule has 2 aromatic carbocycles. The van der Waals surface area contributed by atoms with Crippen LogP contribution in [0.25, 0.3) is 0 Å². The molecule has 0 fully saturated rings. The van der Waals surface area contributed by atoms with Crippen LogP contribution in [0.5, 0.6) is 0 Å². The van der Waals surface area contributed by atoms with Crippen LogP contribution in [-0.2, 0) is 30.3 Å². The predicted octanol–water partition coefficient (Wildman–Crippen LogP) is 6.52. The summed E-state index contributed by atoms with van der Waals surface area (Å²) in [6.07, 6.45) is 6.26. The Hall–Kier alpha value is -4.08. The highest BCUT2D eigenvalue weighted by Gasteiger charge is 2.41. The second-order valence-electron chi connectivity index (χ2n) is 11.4. The van der Waals surface area contributed by atoms with E-state index < -0.39 is 23.1 Å². The van der Waals surface area contributed by atoms with Crippen LogP contribution in [0, 0.1) is 0 Å². The number of aromatic nitrogens is 2. The summed E-state index contributed by atoms with van der Waals surface area (Å²) < 4.78 is 12.5. The molecule has 2 heterocycles.